The summed E-state index contributed by atoms with van der Waals surface area (Å²) in [5, 5.41) is 0.0872. The topological polar surface area (TPSA) is 68.9 Å². The number of nitrogens with two attached hydrogens (primary N) is 1. The summed E-state index contributed by atoms with van der Waals surface area (Å²) >= 11 is 6.60. The van der Waals surface area contributed by atoms with Gasteiger partial charge in [-0.15, -0.1) is 11.3 Å². The zero-order valence-electron chi connectivity index (χ0n) is 11.3. The Balaban J connectivity index is 2.21. The van der Waals surface area contributed by atoms with E-state index in [1.807, 2.05) is 0 Å². The molecule has 0 saturated carbocycles. The highest BCUT2D eigenvalue weighted by molar-refractivity contribution is 7.13. The van der Waals surface area contributed by atoms with Gasteiger partial charge in [-0.25, -0.2) is 4.98 Å². The fraction of sp³-hybridized carbons (Fsp3) is 0.308. The zero-order valence-corrected chi connectivity index (χ0v) is 12.9. The van der Waals surface area contributed by atoms with E-state index in [0.717, 1.165) is 23.6 Å². The molecule has 0 amide bonds. The van der Waals surface area contributed by atoms with Crippen molar-refractivity contribution in [3.05, 3.63) is 44.6 Å². The Hall–Kier alpha value is -1.51. The molecule has 4 nitrogen and oxygen atoms in total. The van der Waals surface area contributed by atoms with Gasteiger partial charge in [0.15, 0.2) is 5.78 Å². The lowest BCUT2D eigenvalue weighted by Gasteiger charge is -2.09. The Labute approximate surface area is 133 Å². The maximum atomic E-state index is 12.8. The number of rotatable bonds is 4. The van der Waals surface area contributed by atoms with Crippen molar-refractivity contribution in [2.24, 2.45) is 5.73 Å². The quantitative estimate of drug-likeness (QED) is 0.855. The average molecular weight is 350 g/mol. The molecule has 0 aliphatic heterocycles. The van der Waals surface area contributed by atoms with E-state index in [1.54, 1.807) is 6.92 Å². The van der Waals surface area contributed by atoms with Gasteiger partial charge in [0.2, 0.25) is 0 Å². The van der Waals surface area contributed by atoms with Crippen molar-refractivity contribution in [3.63, 3.8) is 0 Å². The lowest BCUT2D eigenvalue weighted by Crippen LogP contribution is -2.10. The predicted molar refractivity (Wildman–Crippen MR) is 77.0 cm³/mol. The van der Waals surface area contributed by atoms with E-state index in [1.165, 1.54) is 6.20 Å². The molecule has 0 bridgehead atoms. The maximum Gasteiger partial charge on any atom is 0.417 e. The van der Waals surface area contributed by atoms with Crippen molar-refractivity contribution in [3.8, 4) is 0 Å². The molecule has 2 aromatic heterocycles. The van der Waals surface area contributed by atoms with Crippen LogP contribution in [0.15, 0.2) is 18.5 Å². The predicted octanol–water partition coefficient (Wildman–Crippen LogP) is 3.66. The molecule has 0 aromatic carbocycles. The monoisotopic (exact) mass is 349 g/mol. The number of hydrogen-bond acceptors (Lipinski definition) is 5. The lowest BCUT2D eigenvalue weighted by atomic mass is 10.1. The Morgan fingerprint density at radius 1 is 1.41 bits per heavy atom. The molecular weight excluding hydrogens is 339 g/mol. The Kier molecular flexibility index (Phi) is 4.84. The normalized spacial score (nSPS) is 13.2. The van der Waals surface area contributed by atoms with Crippen LogP contribution in [0.4, 0.5) is 13.2 Å². The number of aromatic nitrogens is 2. The number of hydrogen-bond donors (Lipinski definition) is 1. The van der Waals surface area contributed by atoms with Crippen molar-refractivity contribution >= 4 is 28.7 Å². The molecule has 0 aliphatic carbocycles. The van der Waals surface area contributed by atoms with Crippen molar-refractivity contribution in [2.45, 2.75) is 25.6 Å². The van der Waals surface area contributed by atoms with Gasteiger partial charge in [-0.3, -0.25) is 9.78 Å². The minimum Gasteiger partial charge on any atom is -0.322 e. The van der Waals surface area contributed by atoms with E-state index in [4.69, 9.17) is 17.3 Å². The molecule has 0 fully saturated rings. The van der Waals surface area contributed by atoms with E-state index in [2.05, 4.69) is 9.97 Å². The number of ketones is 1. The van der Waals surface area contributed by atoms with Gasteiger partial charge in [0.1, 0.15) is 5.01 Å². The van der Waals surface area contributed by atoms with Crippen LogP contribution >= 0.6 is 22.9 Å². The summed E-state index contributed by atoms with van der Waals surface area (Å²) in [5.41, 5.74) is 4.64. The van der Waals surface area contributed by atoms with Crippen LogP contribution in [0.25, 0.3) is 0 Å². The summed E-state index contributed by atoms with van der Waals surface area (Å²) in [6, 6.07) is 0.477. The molecular formula is C13H11ClF3N3OS. The lowest BCUT2D eigenvalue weighted by molar-refractivity contribution is -0.137. The Bertz CT molecular complexity index is 700. The van der Waals surface area contributed by atoms with Crippen LogP contribution in [0, 0.1) is 0 Å². The van der Waals surface area contributed by atoms with Gasteiger partial charge in [-0.05, 0) is 13.0 Å². The van der Waals surface area contributed by atoms with Crippen LogP contribution in [0.2, 0.25) is 5.02 Å². The van der Waals surface area contributed by atoms with Crippen LogP contribution in [0.1, 0.15) is 38.9 Å². The van der Waals surface area contributed by atoms with Gasteiger partial charge in [0, 0.05) is 18.1 Å². The molecule has 2 rings (SSSR count). The second-order valence-corrected chi connectivity index (χ2v) is 6.07. The fourth-order valence-corrected chi connectivity index (χ4v) is 2.69. The number of alkyl halides is 3. The van der Waals surface area contributed by atoms with Gasteiger partial charge in [-0.1, -0.05) is 11.6 Å². The molecule has 0 unspecified atom stereocenters. The van der Waals surface area contributed by atoms with Crippen LogP contribution in [0.3, 0.4) is 0 Å². The van der Waals surface area contributed by atoms with Gasteiger partial charge in [0.05, 0.1) is 27.9 Å². The summed E-state index contributed by atoms with van der Waals surface area (Å²) in [5.74, 6) is -0.368. The minimum absolute atomic E-state index is 0.00234. The average Bonchev–Trinajstić information content (AvgIpc) is 2.89. The van der Waals surface area contributed by atoms with Crippen molar-refractivity contribution < 1.29 is 18.0 Å². The van der Waals surface area contributed by atoms with E-state index < -0.39 is 16.8 Å². The third-order valence-electron chi connectivity index (χ3n) is 2.75. The van der Waals surface area contributed by atoms with E-state index in [-0.39, 0.29) is 23.9 Å². The van der Waals surface area contributed by atoms with E-state index in [9.17, 15) is 18.0 Å². The maximum absolute atomic E-state index is 12.8. The van der Waals surface area contributed by atoms with Gasteiger partial charge < -0.3 is 5.73 Å². The standard InChI is InChI=1S/C13H11ClF3N3OS/c1-6(18)12-20-5-11(22-12)10(21)3-7-2-8(13(15,16)17)9(14)4-19-7/h2,4-6H,3,18H2,1H3/t6-/m1/s1. The number of nitrogens with zero attached hydrogens (tertiary/aromatic N) is 2. The molecule has 0 saturated heterocycles. The molecule has 1 atom stereocenters. The largest absolute Gasteiger partial charge is 0.417 e. The first-order valence-electron chi connectivity index (χ1n) is 6.14. The van der Waals surface area contributed by atoms with Crippen LogP contribution in [0.5, 0.6) is 0 Å². The summed E-state index contributed by atoms with van der Waals surface area (Å²) < 4.78 is 38.3. The molecule has 0 spiro atoms. The van der Waals surface area contributed by atoms with Gasteiger partial charge in [-0.2, -0.15) is 13.2 Å². The summed E-state index contributed by atoms with van der Waals surface area (Å²) in [6.07, 6.45) is -2.59. The number of halogens is 4. The van der Waals surface area contributed by atoms with E-state index in [0.29, 0.717) is 9.88 Å². The SMILES string of the molecule is C[C@@H](N)c1ncc(C(=O)Cc2cc(C(F)(F)F)c(Cl)cn2)s1. The fourth-order valence-electron chi connectivity index (χ4n) is 1.67. The van der Waals surface area contributed by atoms with Crippen molar-refractivity contribution in [1.29, 1.82) is 0 Å². The summed E-state index contributed by atoms with van der Waals surface area (Å²) in [7, 11) is 0. The van der Waals surface area contributed by atoms with Gasteiger partial charge >= 0.3 is 6.18 Å². The molecule has 2 N–H and O–H groups in total. The molecule has 0 radical (unpaired) electrons. The highest BCUT2D eigenvalue weighted by atomic mass is 35.5. The highest BCUT2D eigenvalue weighted by Crippen LogP contribution is 2.34. The number of carbonyl (C=O) groups is 1. The summed E-state index contributed by atoms with van der Waals surface area (Å²) in [4.78, 5) is 20.2. The first-order chi connectivity index (χ1) is 10.2. The molecule has 0 aliphatic rings. The highest BCUT2D eigenvalue weighted by Gasteiger charge is 2.33. The molecule has 9 heteroatoms. The Morgan fingerprint density at radius 3 is 2.64 bits per heavy atom. The molecule has 2 aromatic rings. The number of thiazole rings is 1. The second kappa shape index (κ2) is 6.31. The number of pyridine rings is 1. The second-order valence-electron chi connectivity index (χ2n) is 4.60. The number of Topliss-reactive ketones (excluding diaryl/α,β-unsaturated/α-hetero) is 1. The van der Waals surface area contributed by atoms with E-state index >= 15 is 0 Å². The van der Waals surface area contributed by atoms with Crippen LogP contribution in [-0.2, 0) is 12.6 Å². The molecule has 118 valence electrons. The number of carbonyl (C=O) groups excluding carboxylic acids is 1. The van der Waals surface area contributed by atoms with Crippen LogP contribution in [-0.4, -0.2) is 15.8 Å². The first kappa shape index (κ1) is 16.9. The van der Waals surface area contributed by atoms with Gasteiger partial charge in [0.25, 0.3) is 0 Å². The molecule has 2 heterocycles. The summed E-state index contributed by atoms with van der Waals surface area (Å²) in [6.45, 7) is 1.73. The minimum atomic E-state index is -4.59. The molecule has 22 heavy (non-hydrogen) atoms. The zero-order chi connectivity index (χ0) is 16.5. The Morgan fingerprint density at radius 2 is 2.09 bits per heavy atom. The smallest absolute Gasteiger partial charge is 0.322 e. The van der Waals surface area contributed by atoms with Crippen molar-refractivity contribution in [1.82, 2.24) is 9.97 Å². The van der Waals surface area contributed by atoms with Crippen molar-refractivity contribution in [2.75, 3.05) is 0 Å². The van der Waals surface area contributed by atoms with Crippen LogP contribution < -0.4 is 5.73 Å². The first-order valence-corrected chi connectivity index (χ1v) is 7.34. The third kappa shape index (κ3) is 3.82. The third-order valence-corrected chi connectivity index (χ3v) is 4.29.